The third kappa shape index (κ3) is 2.74. The van der Waals surface area contributed by atoms with Gasteiger partial charge in [0.15, 0.2) is 0 Å². The van der Waals surface area contributed by atoms with E-state index >= 15 is 0 Å². The molecule has 7 rings (SSSR count). The molecule has 0 fully saturated rings. The molecular formula is C26H14O2S3. The van der Waals surface area contributed by atoms with Crippen molar-refractivity contribution < 1.29 is 8.83 Å². The van der Waals surface area contributed by atoms with Crippen LogP contribution in [-0.4, -0.2) is 0 Å². The summed E-state index contributed by atoms with van der Waals surface area (Å²) in [6.07, 6.45) is 0. The summed E-state index contributed by atoms with van der Waals surface area (Å²) in [5, 5.41) is 5.38. The Kier molecular flexibility index (Phi) is 3.79. The molecule has 0 amide bonds. The van der Waals surface area contributed by atoms with E-state index in [4.69, 9.17) is 8.83 Å². The number of benzene rings is 2. The molecule has 0 bridgehead atoms. The highest BCUT2D eigenvalue weighted by Crippen LogP contribution is 2.43. The van der Waals surface area contributed by atoms with Crippen molar-refractivity contribution in [3.63, 3.8) is 0 Å². The second-order valence-corrected chi connectivity index (χ2v) is 10.5. The summed E-state index contributed by atoms with van der Waals surface area (Å²) >= 11 is 5.45. The van der Waals surface area contributed by atoms with Crippen molar-refractivity contribution in [2.75, 3.05) is 0 Å². The van der Waals surface area contributed by atoms with Crippen LogP contribution in [0.4, 0.5) is 0 Å². The largest absolute Gasteiger partial charge is 0.425 e. The number of para-hydroxylation sites is 1. The zero-order valence-electron chi connectivity index (χ0n) is 16.1. The van der Waals surface area contributed by atoms with E-state index in [2.05, 4.69) is 66.0 Å². The van der Waals surface area contributed by atoms with Crippen LogP contribution in [0.1, 0.15) is 0 Å². The first kappa shape index (κ1) is 17.5. The first-order valence-corrected chi connectivity index (χ1v) is 12.4. The van der Waals surface area contributed by atoms with Crippen LogP contribution in [0.25, 0.3) is 63.1 Å². The van der Waals surface area contributed by atoms with Crippen molar-refractivity contribution in [1.82, 2.24) is 0 Å². The van der Waals surface area contributed by atoms with Crippen LogP contribution in [-0.2, 0) is 0 Å². The topological polar surface area (TPSA) is 26.3 Å². The molecule has 0 N–H and O–H groups in total. The highest BCUT2D eigenvalue weighted by molar-refractivity contribution is 7.27. The minimum absolute atomic E-state index is 0.597. The highest BCUT2D eigenvalue weighted by atomic mass is 32.1. The van der Waals surface area contributed by atoms with Gasteiger partial charge in [0.2, 0.25) is 0 Å². The molecule has 5 aromatic heterocycles. The van der Waals surface area contributed by atoms with Gasteiger partial charge in [0, 0.05) is 35.2 Å². The minimum atomic E-state index is 0.597. The molecular weight excluding hydrogens is 440 g/mol. The van der Waals surface area contributed by atoms with Gasteiger partial charge in [-0.25, -0.2) is 0 Å². The quantitative estimate of drug-likeness (QED) is 0.266. The SMILES string of the molecule is c1csc(-c2ccc(-c3ccc(-c4ccc5c(c4)oc4oc6ccccc6c45)s3)s2)c1. The van der Waals surface area contributed by atoms with Gasteiger partial charge in [-0.05, 0) is 59.5 Å². The molecule has 0 unspecified atom stereocenters. The van der Waals surface area contributed by atoms with Crippen molar-refractivity contribution in [2.45, 2.75) is 0 Å². The maximum atomic E-state index is 6.08. The smallest absolute Gasteiger partial charge is 0.299 e. The fraction of sp³-hybridized carbons (Fsp3) is 0. The lowest BCUT2D eigenvalue weighted by Crippen LogP contribution is -1.72. The number of furan rings is 2. The zero-order chi connectivity index (χ0) is 20.4. The van der Waals surface area contributed by atoms with Crippen LogP contribution < -0.4 is 0 Å². The molecule has 31 heavy (non-hydrogen) atoms. The summed E-state index contributed by atoms with van der Waals surface area (Å²) in [6, 6.07) is 27.7. The first-order chi connectivity index (χ1) is 15.3. The molecule has 0 spiro atoms. The van der Waals surface area contributed by atoms with Crippen LogP contribution in [0.5, 0.6) is 0 Å². The Bertz CT molecular complexity index is 1690. The number of rotatable bonds is 3. The highest BCUT2D eigenvalue weighted by Gasteiger charge is 2.16. The Balaban J connectivity index is 1.28. The fourth-order valence-electron chi connectivity index (χ4n) is 4.06. The molecule has 2 nitrogen and oxygen atoms in total. The van der Waals surface area contributed by atoms with Gasteiger partial charge in [0.05, 0.1) is 5.39 Å². The van der Waals surface area contributed by atoms with Crippen LogP contribution in [0.3, 0.4) is 0 Å². The molecule has 0 saturated carbocycles. The summed E-state index contributed by atoms with van der Waals surface area (Å²) in [5.74, 6) is 0.597. The van der Waals surface area contributed by atoms with Crippen molar-refractivity contribution >= 4 is 67.1 Å². The molecule has 5 heterocycles. The number of fused-ring (bicyclic) bond motifs is 5. The van der Waals surface area contributed by atoms with E-state index in [9.17, 15) is 0 Å². The van der Waals surface area contributed by atoms with Gasteiger partial charge in [-0.1, -0.05) is 30.3 Å². The second-order valence-electron chi connectivity index (χ2n) is 7.38. The lowest BCUT2D eigenvalue weighted by molar-refractivity contribution is 0.524. The lowest BCUT2D eigenvalue weighted by atomic mass is 10.1. The fourth-order valence-corrected chi connectivity index (χ4v) is 7.00. The van der Waals surface area contributed by atoms with Gasteiger partial charge in [0.25, 0.3) is 5.78 Å². The molecule has 0 aliphatic carbocycles. The summed E-state index contributed by atoms with van der Waals surface area (Å²) in [4.78, 5) is 6.49. The summed E-state index contributed by atoms with van der Waals surface area (Å²) < 4.78 is 12.0. The summed E-state index contributed by atoms with van der Waals surface area (Å²) in [5.41, 5.74) is 2.89. The maximum absolute atomic E-state index is 6.08. The standard InChI is InChI=1S/C26H14O2S3/c1-2-5-18-16(4-1)25-17-8-7-15(14-19(17)28-26(25)27-18)20-9-10-23(30-20)24-12-11-22(31-24)21-6-3-13-29-21/h1-14H. The molecule has 2 aromatic carbocycles. The summed E-state index contributed by atoms with van der Waals surface area (Å²) in [6.45, 7) is 0. The molecule has 0 atom stereocenters. The van der Waals surface area contributed by atoms with Crippen molar-refractivity contribution in [1.29, 1.82) is 0 Å². The van der Waals surface area contributed by atoms with Gasteiger partial charge >= 0.3 is 0 Å². The Morgan fingerprint density at radius 2 is 1.26 bits per heavy atom. The van der Waals surface area contributed by atoms with Crippen LogP contribution in [0, 0.1) is 0 Å². The zero-order valence-corrected chi connectivity index (χ0v) is 18.6. The average molecular weight is 455 g/mol. The maximum Gasteiger partial charge on any atom is 0.299 e. The predicted octanol–water partition coefficient (Wildman–Crippen LogP) is 9.52. The predicted molar refractivity (Wildman–Crippen MR) is 133 cm³/mol. The van der Waals surface area contributed by atoms with E-state index in [1.807, 2.05) is 40.9 Å². The molecule has 0 saturated heterocycles. The van der Waals surface area contributed by atoms with Crippen molar-refractivity contribution in [3.05, 3.63) is 84.2 Å². The van der Waals surface area contributed by atoms with E-state index in [0.717, 1.165) is 27.3 Å². The Morgan fingerprint density at radius 3 is 2.10 bits per heavy atom. The lowest BCUT2D eigenvalue weighted by Gasteiger charge is -1.98. The van der Waals surface area contributed by atoms with Crippen molar-refractivity contribution in [3.8, 4) is 29.9 Å². The van der Waals surface area contributed by atoms with E-state index in [1.54, 1.807) is 11.3 Å². The van der Waals surface area contributed by atoms with Gasteiger partial charge in [-0.3, -0.25) is 0 Å². The number of thiophene rings is 3. The Morgan fingerprint density at radius 1 is 0.548 bits per heavy atom. The minimum Gasteiger partial charge on any atom is -0.425 e. The molecule has 0 aliphatic rings. The second kappa shape index (κ2) is 6.69. The van der Waals surface area contributed by atoms with E-state index in [0.29, 0.717) is 5.78 Å². The molecule has 148 valence electrons. The van der Waals surface area contributed by atoms with E-state index in [1.165, 1.54) is 29.9 Å². The number of hydrogen-bond acceptors (Lipinski definition) is 5. The normalized spacial score (nSPS) is 11.9. The first-order valence-electron chi connectivity index (χ1n) is 9.91. The Labute approximate surface area is 189 Å². The molecule has 7 aromatic rings. The van der Waals surface area contributed by atoms with Crippen LogP contribution in [0.2, 0.25) is 0 Å². The third-order valence-electron chi connectivity index (χ3n) is 5.52. The van der Waals surface area contributed by atoms with Gasteiger partial charge in [-0.2, -0.15) is 0 Å². The van der Waals surface area contributed by atoms with Crippen LogP contribution >= 0.6 is 34.0 Å². The molecule has 5 heteroatoms. The molecule has 0 aliphatic heterocycles. The van der Waals surface area contributed by atoms with E-state index < -0.39 is 0 Å². The summed E-state index contributed by atoms with van der Waals surface area (Å²) in [7, 11) is 0. The van der Waals surface area contributed by atoms with Crippen molar-refractivity contribution in [2.24, 2.45) is 0 Å². The molecule has 0 radical (unpaired) electrons. The van der Waals surface area contributed by atoms with Gasteiger partial charge < -0.3 is 8.83 Å². The Hall–Kier alpha value is -3.12. The number of hydrogen-bond donors (Lipinski definition) is 0. The van der Waals surface area contributed by atoms with Crippen LogP contribution in [0.15, 0.2) is 93.1 Å². The van der Waals surface area contributed by atoms with Gasteiger partial charge in [0.1, 0.15) is 11.2 Å². The average Bonchev–Trinajstić information content (AvgIpc) is 3.60. The third-order valence-corrected chi connectivity index (χ3v) is 9.00. The monoisotopic (exact) mass is 454 g/mol. The van der Waals surface area contributed by atoms with Gasteiger partial charge in [-0.15, -0.1) is 34.0 Å². The van der Waals surface area contributed by atoms with E-state index in [-0.39, 0.29) is 0 Å².